The van der Waals surface area contributed by atoms with Gasteiger partial charge in [0.05, 0.1) is 24.9 Å². The minimum atomic E-state index is -0.395. The monoisotopic (exact) mass is 1690 g/mol. The predicted octanol–water partition coefficient (Wildman–Crippen LogP) is 32.1. The predicted molar refractivity (Wildman–Crippen MR) is 523 cm³/mol. The third kappa shape index (κ3) is 17.8. The molecule has 0 bridgehead atoms. The molecular weight excluding hydrogens is 1520 g/mol. The Hall–Kier alpha value is -5.50. The van der Waals surface area contributed by atoms with Crippen molar-refractivity contribution in [2.24, 2.45) is 143 Å². The quantitative estimate of drug-likeness (QED) is 0.229. The summed E-state index contributed by atoms with van der Waals surface area (Å²) in [6.45, 7) is 65.5. The SMILES string of the molecule is C.C=C(CC[C@@H](C)[C@H]1CC[C@H]2[C@@H]3CC=C4C[C@@H](O)CC[C@]4(C)[C@H]3CC[C@]12C)C(C)C.C=C1C=Cc2cc3c(cc2O1)OC(C)(C)C=C3.C=C1C=Cc2cc3c(cc2O1)OC(C)(C)C=C3OC.CC(C)=CCC[C@@H](C)[C@H]1CC[C@H]2[C@@H]3CC=C4C[C@@H](O)CC[C@]4(C)[C@H]3CC[C@]12C.C[C@H]1CC[C@]2(C)[C@H]3CC=C4C5CC(C)(C)CC[C@]5(C)CC[C@@]4(C)[C@@H]3CC[C@H]2C1(C)C. The lowest BCUT2D eigenvalue weighted by Gasteiger charge is -2.67. The maximum absolute atomic E-state index is 10.2. The second-order valence-electron chi connectivity index (χ2n) is 49.0. The first-order valence-electron chi connectivity index (χ1n) is 50.3. The average molecular weight is 1690 g/mol. The number of ether oxygens (including phenoxy) is 5. The summed E-state index contributed by atoms with van der Waals surface area (Å²) in [5, 5.41) is 20.4. The highest BCUT2D eigenvalue weighted by atomic mass is 16.5. The number of aliphatic hydroxyl groups is 2. The molecule has 13 aliphatic carbocycles. The number of methoxy groups -OCH3 is 1. The molecule has 2 N–H and O–H groups in total. The van der Waals surface area contributed by atoms with E-state index < -0.39 is 5.60 Å². The fraction of sp³-hybridized carbons (Fsp3) is 0.709. The number of rotatable bonds is 10. The van der Waals surface area contributed by atoms with Crippen LogP contribution >= 0.6 is 0 Å². The van der Waals surface area contributed by atoms with Gasteiger partial charge >= 0.3 is 0 Å². The van der Waals surface area contributed by atoms with E-state index >= 15 is 0 Å². The van der Waals surface area contributed by atoms with E-state index in [0.29, 0.717) is 66.2 Å². The van der Waals surface area contributed by atoms with Crippen LogP contribution in [0.3, 0.4) is 0 Å². The van der Waals surface area contributed by atoms with Crippen LogP contribution in [0.1, 0.15) is 375 Å². The second kappa shape index (κ2) is 35.3. The van der Waals surface area contributed by atoms with Crippen molar-refractivity contribution in [2.45, 2.75) is 376 Å². The van der Waals surface area contributed by atoms with Crippen molar-refractivity contribution < 1.29 is 33.9 Å². The van der Waals surface area contributed by atoms with Crippen molar-refractivity contribution in [1.29, 1.82) is 0 Å². The number of hydrogen-bond donors (Lipinski definition) is 2. The van der Waals surface area contributed by atoms with E-state index in [0.717, 1.165) is 165 Å². The van der Waals surface area contributed by atoms with E-state index in [1.807, 2.05) is 81.8 Å². The number of allylic oxidation sites excluding steroid dienone is 9. The number of aliphatic hydroxyl groups excluding tert-OH is 2. The van der Waals surface area contributed by atoms with Gasteiger partial charge in [-0.15, -0.1) is 0 Å². The molecule has 0 saturated heterocycles. The van der Waals surface area contributed by atoms with Gasteiger partial charge in [-0.1, -0.05) is 196 Å². The van der Waals surface area contributed by atoms with Gasteiger partial charge in [-0.2, -0.15) is 0 Å². The van der Waals surface area contributed by atoms with Gasteiger partial charge in [0, 0.05) is 34.9 Å². The zero-order valence-corrected chi connectivity index (χ0v) is 81.8. The van der Waals surface area contributed by atoms with Crippen LogP contribution in [0, 0.1) is 143 Å². The van der Waals surface area contributed by atoms with E-state index in [1.165, 1.54) is 178 Å². The van der Waals surface area contributed by atoms with Crippen LogP contribution in [0.2, 0.25) is 0 Å². The van der Waals surface area contributed by atoms with Crippen molar-refractivity contribution in [1.82, 2.24) is 0 Å². The zero-order chi connectivity index (χ0) is 88.5. The number of fused-ring (bicyclic) bond motifs is 21. The Balaban J connectivity index is 0.000000128. The van der Waals surface area contributed by atoms with Crippen LogP contribution in [0.15, 0.2) is 132 Å². The van der Waals surface area contributed by atoms with Gasteiger partial charge in [-0.05, 0) is 420 Å². The molecule has 0 amide bonds. The Morgan fingerprint density at radius 2 is 1.04 bits per heavy atom. The van der Waals surface area contributed by atoms with Gasteiger partial charge in [-0.3, -0.25) is 0 Å². The Morgan fingerprint density at radius 3 is 1.60 bits per heavy atom. The van der Waals surface area contributed by atoms with Crippen molar-refractivity contribution >= 4 is 24.0 Å². The summed E-state index contributed by atoms with van der Waals surface area (Å²) in [5.74, 6) is 19.4. The normalized spacial score (nSPS) is 39.5. The maximum Gasteiger partial charge on any atom is 0.138 e. The smallest absolute Gasteiger partial charge is 0.138 e. The van der Waals surface area contributed by atoms with Gasteiger partial charge in [0.2, 0.25) is 0 Å². The van der Waals surface area contributed by atoms with E-state index in [-0.39, 0.29) is 25.2 Å². The first-order valence-corrected chi connectivity index (χ1v) is 50.3. The summed E-state index contributed by atoms with van der Waals surface area (Å²) in [6.07, 6.45) is 64.4. The fourth-order valence-corrected chi connectivity index (χ4v) is 31.5. The lowest BCUT2D eigenvalue weighted by molar-refractivity contribution is -0.150. The molecule has 4 aliphatic heterocycles. The molecule has 1 unspecified atom stereocenters. The average Bonchev–Trinajstić information content (AvgIpc) is 0.984. The van der Waals surface area contributed by atoms with Gasteiger partial charge in [0.15, 0.2) is 0 Å². The lowest BCUT2D eigenvalue weighted by Crippen LogP contribution is -2.59. The molecule has 24 atom stereocenters. The standard InChI is InChI=1S/C30H50.C28H46O.C27H44O.C16H16O3.C15H14O2.CH4/c1-20-13-14-30(8)22-9-10-23-24-19-26(2,3)15-16-28(24,6)17-18-29(23,7)21(22)11-12-25(30)27(20,4)5;1-18(2)19(3)7-8-20(4)24-11-12-25-23-10-9-21-17-22(29)13-15-27(21,5)26(23)14-16-28(24,25)6;1-18(2)7-6-8-19(3)23-11-12-24-22-10-9-20-17-21(28)13-15-26(20,4)25(22)14-16-27(23,24)5;1-10-5-6-11-7-12-14(8-13(11)18-10)19-16(2,3)9-15(12)17-4;1-10-4-5-11-8-12-6-7-15(2,3)17-14(12)9-13(11)16-10;/h10,20-22,24-25H,9,11-19H2,1-8H3;9,18,20,22-26,29H,3,7-8,10-17H2,1-2,4-6H3;7,9,19,21-25,28H,6,8,10-17H2,1-5H3;5-9H,1H2,2-4H3;4-9H,1H2,2-3H3;1H4/t20-,21+,22-,24?,25-,28+,29-,30+;20-,22+,23+,24-,25+,26+,27+,28-;19-,21+,22+,23-,24+,25+,26+,27-;;;/m011.../s1. The molecule has 0 spiro atoms. The molecule has 7 nitrogen and oxygen atoms in total. The third-order valence-corrected chi connectivity index (χ3v) is 39.4. The summed E-state index contributed by atoms with van der Waals surface area (Å²) in [7, 11) is 1.67. The van der Waals surface area contributed by atoms with Crippen LogP contribution in [0.25, 0.3) is 24.0 Å². The van der Waals surface area contributed by atoms with Crippen LogP contribution in [-0.2, 0) is 4.74 Å². The summed E-state index contributed by atoms with van der Waals surface area (Å²) in [5.41, 5.74) is 16.1. The molecule has 0 radical (unpaired) electrons. The molecule has 2 aromatic carbocycles. The van der Waals surface area contributed by atoms with E-state index in [1.54, 1.807) is 18.3 Å². The maximum atomic E-state index is 10.2. The first kappa shape index (κ1) is 94.6. The van der Waals surface area contributed by atoms with Gasteiger partial charge in [-0.25, -0.2) is 0 Å². The first-order chi connectivity index (χ1) is 57.8. The summed E-state index contributed by atoms with van der Waals surface area (Å²) >= 11 is 0. The molecular formula is C117H174O7. The van der Waals surface area contributed by atoms with E-state index in [9.17, 15) is 10.2 Å². The van der Waals surface area contributed by atoms with E-state index in [4.69, 9.17) is 23.7 Å². The molecule has 10 saturated carbocycles. The van der Waals surface area contributed by atoms with Crippen molar-refractivity contribution in [2.75, 3.05) is 7.11 Å². The largest absolute Gasteiger partial charge is 0.496 e. The molecule has 10 fully saturated rings. The molecule has 7 heteroatoms. The molecule has 2 aromatic rings. The fourth-order valence-electron chi connectivity index (χ4n) is 31.5. The van der Waals surface area contributed by atoms with Crippen LogP contribution < -0.4 is 18.9 Å². The van der Waals surface area contributed by atoms with Crippen molar-refractivity contribution in [3.63, 3.8) is 0 Å². The van der Waals surface area contributed by atoms with Crippen LogP contribution in [-0.4, -0.2) is 40.7 Å². The van der Waals surface area contributed by atoms with Gasteiger partial charge in [0.25, 0.3) is 0 Å². The minimum Gasteiger partial charge on any atom is -0.496 e. The highest BCUT2D eigenvalue weighted by Crippen LogP contribution is 2.74. The second-order valence-corrected chi connectivity index (χ2v) is 49.0. The highest BCUT2D eigenvalue weighted by molar-refractivity contribution is 5.76. The number of benzene rings is 2. The van der Waals surface area contributed by atoms with Gasteiger partial charge < -0.3 is 33.9 Å². The Bertz CT molecular complexity index is 4540. The molecule has 0 aromatic heterocycles. The topological polar surface area (TPSA) is 86.6 Å². The van der Waals surface area contributed by atoms with Crippen molar-refractivity contribution in [3.05, 3.63) is 154 Å². The summed E-state index contributed by atoms with van der Waals surface area (Å²) in [6, 6.07) is 7.91. The van der Waals surface area contributed by atoms with Crippen molar-refractivity contribution in [3.8, 4) is 23.0 Å². The van der Waals surface area contributed by atoms with Crippen LogP contribution in [0.4, 0.5) is 0 Å². The molecule has 684 valence electrons. The zero-order valence-electron chi connectivity index (χ0n) is 81.8. The Morgan fingerprint density at radius 1 is 0.516 bits per heavy atom. The molecule has 4 heterocycles. The Labute approximate surface area is 756 Å². The van der Waals surface area contributed by atoms with Gasteiger partial charge in [0.1, 0.15) is 51.5 Å². The van der Waals surface area contributed by atoms with Crippen LogP contribution in [0.5, 0.6) is 23.0 Å². The van der Waals surface area contributed by atoms with E-state index in [2.05, 4.69) is 187 Å². The molecule has 19 rings (SSSR count). The summed E-state index contributed by atoms with van der Waals surface area (Å²) < 4.78 is 28.5. The third-order valence-electron chi connectivity index (χ3n) is 39.4. The molecule has 124 heavy (non-hydrogen) atoms. The minimum absolute atomic E-state index is 0. The Kier molecular flexibility index (Phi) is 26.9. The highest BCUT2D eigenvalue weighted by Gasteiger charge is 2.65. The molecule has 17 aliphatic rings. The lowest BCUT2D eigenvalue weighted by atomic mass is 9.37. The summed E-state index contributed by atoms with van der Waals surface area (Å²) in [4.78, 5) is 0. The number of hydrogen-bond acceptors (Lipinski definition) is 7.